The Labute approximate surface area is 102 Å². The maximum absolute atomic E-state index is 7.57. The number of hydrogen-bond acceptors (Lipinski definition) is 1. The van der Waals surface area contributed by atoms with E-state index < -0.39 is 0 Å². The van der Waals surface area contributed by atoms with E-state index in [1.54, 1.807) is 6.92 Å². The Balaban J connectivity index is 0.000000437. The van der Waals surface area contributed by atoms with E-state index in [0.717, 1.165) is 0 Å². The van der Waals surface area contributed by atoms with Gasteiger partial charge in [-0.3, -0.25) is 0 Å². The summed E-state index contributed by atoms with van der Waals surface area (Å²) in [6.45, 7) is 1.93. The third kappa shape index (κ3) is 5.64. The molecule has 0 saturated heterocycles. The summed E-state index contributed by atoms with van der Waals surface area (Å²) in [4.78, 5) is 0. The van der Waals surface area contributed by atoms with Crippen molar-refractivity contribution < 1.29 is 9.67 Å². The zero-order valence-electron chi connectivity index (χ0n) is 10.0. The topological polar surface area (TPSA) is 24.1 Å². The molecular formula is C15H18NO+. The number of aliphatic hydroxyl groups is 1. The summed E-state index contributed by atoms with van der Waals surface area (Å²) in [7, 11) is 0. The zero-order valence-corrected chi connectivity index (χ0v) is 10.0. The molecule has 0 saturated carbocycles. The molecule has 1 N–H and O–H groups in total. The molecule has 0 spiro atoms. The Bertz CT molecular complexity index is 382. The summed E-state index contributed by atoms with van der Waals surface area (Å²) < 4.78 is 2.02. The van der Waals surface area contributed by atoms with Crippen molar-refractivity contribution in [2.75, 3.05) is 6.61 Å². The van der Waals surface area contributed by atoms with Gasteiger partial charge in [-0.15, -0.1) is 0 Å². The highest BCUT2D eigenvalue weighted by molar-refractivity contribution is 5.56. The van der Waals surface area contributed by atoms with Crippen LogP contribution in [0, 0.1) is 0 Å². The van der Waals surface area contributed by atoms with Crippen molar-refractivity contribution in [1.82, 2.24) is 0 Å². The van der Waals surface area contributed by atoms with E-state index in [4.69, 9.17) is 5.11 Å². The molecule has 0 aliphatic rings. The third-order valence-corrected chi connectivity index (χ3v) is 1.98. The van der Waals surface area contributed by atoms with Crippen molar-refractivity contribution in [3.63, 3.8) is 0 Å². The molecule has 0 aliphatic carbocycles. The van der Waals surface area contributed by atoms with Gasteiger partial charge < -0.3 is 5.11 Å². The fraction of sp³-hybridized carbons (Fsp3) is 0.133. The van der Waals surface area contributed by atoms with Gasteiger partial charge in [-0.05, 0) is 12.5 Å². The van der Waals surface area contributed by atoms with E-state index in [1.165, 1.54) is 5.56 Å². The lowest BCUT2D eigenvalue weighted by Gasteiger charge is -1.88. The minimum Gasteiger partial charge on any atom is -0.397 e. The van der Waals surface area contributed by atoms with Gasteiger partial charge >= 0.3 is 0 Å². The Morgan fingerprint density at radius 2 is 1.53 bits per heavy atom. The van der Waals surface area contributed by atoms with E-state index >= 15 is 0 Å². The first-order valence-corrected chi connectivity index (χ1v) is 5.66. The summed E-state index contributed by atoms with van der Waals surface area (Å²) in [5, 5.41) is 7.57. The molecule has 0 atom stereocenters. The van der Waals surface area contributed by atoms with Crippen LogP contribution >= 0.6 is 0 Å². The summed E-state index contributed by atoms with van der Waals surface area (Å²) in [5.74, 6) is 0. The normalized spacial score (nSPS) is 9.76. The van der Waals surface area contributed by atoms with Crippen LogP contribution in [-0.2, 0) is 0 Å². The molecule has 0 unspecified atom stereocenters. The Kier molecular flexibility index (Phi) is 6.37. The molecule has 1 aromatic heterocycles. The van der Waals surface area contributed by atoms with Gasteiger partial charge in [-0.25, -0.2) is 0 Å². The van der Waals surface area contributed by atoms with Crippen molar-refractivity contribution in [1.29, 1.82) is 0 Å². The number of pyridine rings is 1. The van der Waals surface area contributed by atoms with Crippen LogP contribution in [0.3, 0.4) is 0 Å². The van der Waals surface area contributed by atoms with Crippen molar-refractivity contribution >= 4 is 12.3 Å². The fourth-order valence-corrected chi connectivity index (χ4v) is 1.25. The zero-order chi connectivity index (χ0) is 12.3. The van der Waals surface area contributed by atoms with Crippen LogP contribution in [0.15, 0.2) is 60.9 Å². The molecule has 2 aromatic rings. The molecule has 0 aliphatic heterocycles. The van der Waals surface area contributed by atoms with Crippen LogP contribution in [0.5, 0.6) is 0 Å². The largest absolute Gasteiger partial charge is 0.397 e. The second-order valence-corrected chi connectivity index (χ2v) is 3.37. The van der Waals surface area contributed by atoms with Crippen molar-refractivity contribution in [3.8, 4) is 0 Å². The van der Waals surface area contributed by atoms with Crippen LogP contribution in [-0.4, -0.2) is 11.7 Å². The number of aromatic nitrogens is 1. The molecule has 2 nitrogen and oxygen atoms in total. The lowest BCUT2D eigenvalue weighted by molar-refractivity contribution is -0.567. The van der Waals surface area contributed by atoms with Crippen LogP contribution in [0.2, 0.25) is 0 Å². The van der Waals surface area contributed by atoms with E-state index in [0.29, 0.717) is 0 Å². The first-order chi connectivity index (χ1) is 8.36. The maximum Gasteiger partial charge on any atom is 0.175 e. The number of benzene rings is 1. The van der Waals surface area contributed by atoms with E-state index in [-0.39, 0.29) is 6.61 Å². The first kappa shape index (κ1) is 13.1. The van der Waals surface area contributed by atoms with Crippen molar-refractivity contribution in [2.24, 2.45) is 0 Å². The van der Waals surface area contributed by atoms with Crippen molar-refractivity contribution in [3.05, 3.63) is 66.5 Å². The summed E-state index contributed by atoms with van der Waals surface area (Å²) in [6, 6.07) is 16.3. The summed E-state index contributed by atoms with van der Waals surface area (Å²) in [5.41, 5.74) is 1.21. The van der Waals surface area contributed by atoms with E-state index in [2.05, 4.69) is 18.2 Å². The first-order valence-electron chi connectivity index (χ1n) is 5.66. The molecule has 0 bridgehead atoms. The Morgan fingerprint density at radius 3 is 2.12 bits per heavy atom. The lowest BCUT2D eigenvalue weighted by atomic mass is 10.2. The van der Waals surface area contributed by atoms with Gasteiger partial charge in [0.2, 0.25) is 0 Å². The molecule has 88 valence electrons. The summed E-state index contributed by atoms with van der Waals surface area (Å²) >= 11 is 0. The number of aliphatic hydroxyl groups excluding tert-OH is 1. The second kappa shape index (κ2) is 8.25. The molecule has 0 radical (unpaired) electrons. The van der Waals surface area contributed by atoms with Gasteiger partial charge in [0.05, 0.1) is 0 Å². The van der Waals surface area contributed by atoms with Gasteiger partial charge in [-0.2, -0.15) is 4.57 Å². The number of rotatable bonds is 2. The molecule has 2 heteroatoms. The van der Waals surface area contributed by atoms with E-state index in [1.807, 2.05) is 59.6 Å². The molecule has 1 heterocycles. The highest BCUT2D eigenvalue weighted by Crippen LogP contribution is 1.99. The summed E-state index contributed by atoms with van der Waals surface area (Å²) in [6.07, 6.45) is 8.15. The smallest absolute Gasteiger partial charge is 0.175 e. The average Bonchev–Trinajstić information content (AvgIpc) is 2.40. The number of nitrogens with zero attached hydrogens (tertiary/aromatic N) is 1. The monoisotopic (exact) mass is 228 g/mol. The number of hydrogen-bond donors (Lipinski definition) is 1. The van der Waals surface area contributed by atoms with Gasteiger partial charge in [0.1, 0.15) is 0 Å². The van der Waals surface area contributed by atoms with Crippen LogP contribution in [0.25, 0.3) is 12.3 Å². The fourth-order valence-electron chi connectivity index (χ4n) is 1.25. The maximum atomic E-state index is 7.57. The molecule has 0 amide bonds. The Hall–Kier alpha value is -1.93. The van der Waals surface area contributed by atoms with Crippen LogP contribution in [0.4, 0.5) is 0 Å². The van der Waals surface area contributed by atoms with Gasteiger partial charge in [-0.1, -0.05) is 36.4 Å². The highest BCUT2D eigenvalue weighted by Gasteiger charge is 1.89. The molecular weight excluding hydrogens is 210 g/mol. The Morgan fingerprint density at radius 1 is 1.00 bits per heavy atom. The quantitative estimate of drug-likeness (QED) is 0.785. The standard InChI is InChI=1S/C13H12N.C2H6O/c1-3-7-13(8-4-1)9-12-14-10-5-2-6-11-14;1-2-3/h1-12H;3H,2H2,1H3/q+1;/b12-9+;. The average molecular weight is 228 g/mol. The van der Waals surface area contributed by atoms with Crippen molar-refractivity contribution in [2.45, 2.75) is 6.92 Å². The third-order valence-electron chi connectivity index (χ3n) is 1.98. The minimum atomic E-state index is 0.250. The van der Waals surface area contributed by atoms with Gasteiger partial charge in [0, 0.05) is 24.8 Å². The second-order valence-electron chi connectivity index (χ2n) is 3.37. The van der Waals surface area contributed by atoms with E-state index in [9.17, 15) is 0 Å². The minimum absolute atomic E-state index is 0.250. The molecule has 2 rings (SSSR count). The lowest BCUT2D eigenvalue weighted by Crippen LogP contribution is -2.23. The molecule has 0 fully saturated rings. The van der Waals surface area contributed by atoms with Gasteiger partial charge in [0.15, 0.2) is 18.6 Å². The predicted octanol–water partition coefficient (Wildman–Crippen LogP) is 2.60. The van der Waals surface area contributed by atoms with Crippen LogP contribution in [0.1, 0.15) is 12.5 Å². The molecule has 1 aromatic carbocycles. The highest BCUT2D eigenvalue weighted by atomic mass is 16.2. The SMILES string of the molecule is C(=C\[n+]1ccccc1)/c1ccccc1.CCO. The predicted molar refractivity (Wildman–Crippen MR) is 71.1 cm³/mol. The van der Waals surface area contributed by atoms with Crippen LogP contribution < -0.4 is 4.57 Å². The molecule has 17 heavy (non-hydrogen) atoms. The van der Waals surface area contributed by atoms with Gasteiger partial charge in [0.25, 0.3) is 0 Å².